The molecule has 1 aliphatic heterocycles. The van der Waals surface area contributed by atoms with Crippen molar-refractivity contribution in [3.05, 3.63) is 36.5 Å². The number of para-hydroxylation sites is 1. The minimum Gasteiger partial charge on any atom is -0.367 e. The van der Waals surface area contributed by atoms with Crippen LogP contribution in [0.3, 0.4) is 0 Å². The highest BCUT2D eigenvalue weighted by Gasteiger charge is 2.45. The Morgan fingerprint density at radius 3 is 2.87 bits per heavy atom. The highest BCUT2D eigenvalue weighted by Crippen LogP contribution is 2.36. The summed E-state index contributed by atoms with van der Waals surface area (Å²) in [5.74, 6) is -0.405. The van der Waals surface area contributed by atoms with Crippen LogP contribution in [0.1, 0.15) is 6.23 Å². The number of fused-ring (bicyclic) bond motifs is 1. The zero-order valence-electron chi connectivity index (χ0n) is 7.96. The molecular weight excluding hydrogens is 192 g/mol. The van der Waals surface area contributed by atoms with Crippen LogP contribution in [-0.4, -0.2) is 16.6 Å². The van der Waals surface area contributed by atoms with Crippen molar-refractivity contribution in [2.24, 2.45) is 5.73 Å². The van der Waals surface area contributed by atoms with E-state index in [1.807, 2.05) is 41.1 Å². The van der Waals surface area contributed by atoms with E-state index in [1.54, 1.807) is 0 Å². The van der Waals surface area contributed by atoms with E-state index < -0.39 is 12.0 Å². The third-order valence-corrected chi connectivity index (χ3v) is 2.65. The molecule has 2 unspecified atom stereocenters. The molecule has 0 saturated carbocycles. The molecule has 1 fully saturated rings. The summed E-state index contributed by atoms with van der Waals surface area (Å²) in [6.07, 6.45) is 1.22. The molecule has 4 heteroatoms. The normalized spacial score (nSPS) is 24.3. The van der Waals surface area contributed by atoms with Gasteiger partial charge in [-0.1, -0.05) is 18.2 Å². The highest BCUT2D eigenvalue weighted by atomic mass is 16.6. The maximum Gasteiger partial charge on any atom is 0.251 e. The summed E-state index contributed by atoms with van der Waals surface area (Å²) in [6.45, 7) is 0. The van der Waals surface area contributed by atoms with Gasteiger partial charge in [-0.15, -0.1) is 0 Å². The van der Waals surface area contributed by atoms with Crippen molar-refractivity contribution < 1.29 is 9.53 Å². The van der Waals surface area contributed by atoms with E-state index in [0.717, 1.165) is 10.9 Å². The van der Waals surface area contributed by atoms with E-state index >= 15 is 0 Å². The zero-order valence-corrected chi connectivity index (χ0v) is 7.96. The maximum atomic E-state index is 10.9. The number of ether oxygens (including phenoxy) is 1. The number of epoxide rings is 1. The van der Waals surface area contributed by atoms with Gasteiger partial charge in [0.05, 0.1) is 5.52 Å². The number of rotatable bonds is 2. The van der Waals surface area contributed by atoms with Crippen molar-refractivity contribution in [2.45, 2.75) is 12.3 Å². The molecule has 1 amide bonds. The number of primary amides is 1. The van der Waals surface area contributed by atoms with Gasteiger partial charge in [-0.2, -0.15) is 0 Å². The van der Waals surface area contributed by atoms with Gasteiger partial charge in [0.25, 0.3) is 5.91 Å². The molecule has 2 atom stereocenters. The van der Waals surface area contributed by atoms with Crippen molar-refractivity contribution in [1.29, 1.82) is 0 Å². The second-order valence-corrected chi connectivity index (χ2v) is 3.63. The number of nitrogens with zero attached hydrogens (tertiary/aromatic N) is 1. The van der Waals surface area contributed by atoms with Crippen molar-refractivity contribution in [1.82, 2.24) is 4.57 Å². The third kappa shape index (κ3) is 1.22. The molecule has 2 aromatic rings. The first kappa shape index (κ1) is 8.49. The minimum absolute atomic E-state index is 0.220. The Morgan fingerprint density at radius 1 is 1.33 bits per heavy atom. The summed E-state index contributed by atoms with van der Waals surface area (Å²) in [4.78, 5) is 10.9. The molecular formula is C11H10N2O2. The second kappa shape index (κ2) is 2.84. The van der Waals surface area contributed by atoms with Crippen LogP contribution in [0.25, 0.3) is 10.9 Å². The van der Waals surface area contributed by atoms with Crippen LogP contribution in [0.4, 0.5) is 0 Å². The van der Waals surface area contributed by atoms with E-state index in [4.69, 9.17) is 10.5 Å². The van der Waals surface area contributed by atoms with Crippen molar-refractivity contribution >= 4 is 16.8 Å². The van der Waals surface area contributed by atoms with Crippen LogP contribution < -0.4 is 5.73 Å². The Hall–Kier alpha value is -1.81. The van der Waals surface area contributed by atoms with Gasteiger partial charge in [0, 0.05) is 6.20 Å². The van der Waals surface area contributed by atoms with Crippen LogP contribution in [-0.2, 0) is 9.53 Å². The lowest BCUT2D eigenvalue weighted by atomic mass is 10.2. The smallest absolute Gasteiger partial charge is 0.251 e. The fourth-order valence-electron chi connectivity index (χ4n) is 1.85. The molecule has 1 aromatic carbocycles. The van der Waals surface area contributed by atoms with Crippen LogP contribution in [0, 0.1) is 0 Å². The summed E-state index contributed by atoms with van der Waals surface area (Å²) >= 11 is 0. The van der Waals surface area contributed by atoms with Gasteiger partial charge in [0.1, 0.15) is 0 Å². The first-order valence-corrected chi connectivity index (χ1v) is 4.78. The number of aromatic nitrogens is 1. The number of amides is 1. The Labute approximate surface area is 86.2 Å². The van der Waals surface area contributed by atoms with E-state index in [1.165, 1.54) is 0 Å². The first-order valence-electron chi connectivity index (χ1n) is 4.78. The van der Waals surface area contributed by atoms with Gasteiger partial charge >= 0.3 is 0 Å². The third-order valence-electron chi connectivity index (χ3n) is 2.65. The molecule has 0 spiro atoms. The second-order valence-electron chi connectivity index (χ2n) is 3.63. The van der Waals surface area contributed by atoms with Gasteiger partial charge < -0.3 is 15.0 Å². The predicted molar refractivity (Wildman–Crippen MR) is 55.0 cm³/mol. The molecule has 4 nitrogen and oxygen atoms in total. The standard InChI is InChI=1S/C11H10N2O2/c12-10(14)9-11(15-9)13-6-5-7-3-1-2-4-8(7)13/h1-6,9,11H,(H2,12,14). The van der Waals surface area contributed by atoms with E-state index in [9.17, 15) is 4.79 Å². The lowest BCUT2D eigenvalue weighted by molar-refractivity contribution is -0.119. The molecule has 1 saturated heterocycles. The fourth-order valence-corrected chi connectivity index (χ4v) is 1.85. The van der Waals surface area contributed by atoms with Gasteiger partial charge in [-0.3, -0.25) is 4.79 Å². The van der Waals surface area contributed by atoms with Gasteiger partial charge in [-0.25, -0.2) is 0 Å². The molecule has 1 aromatic heterocycles. The van der Waals surface area contributed by atoms with Crippen molar-refractivity contribution in [3.8, 4) is 0 Å². The lowest BCUT2D eigenvalue weighted by Gasteiger charge is -1.99. The Morgan fingerprint density at radius 2 is 2.13 bits per heavy atom. The van der Waals surface area contributed by atoms with E-state index in [0.29, 0.717) is 0 Å². The largest absolute Gasteiger partial charge is 0.367 e. The monoisotopic (exact) mass is 202 g/mol. The maximum absolute atomic E-state index is 10.9. The van der Waals surface area contributed by atoms with Crippen LogP contribution in [0.2, 0.25) is 0 Å². The van der Waals surface area contributed by atoms with Gasteiger partial charge in [-0.05, 0) is 17.5 Å². The van der Waals surface area contributed by atoms with Crippen molar-refractivity contribution in [3.63, 3.8) is 0 Å². The van der Waals surface area contributed by atoms with Gasteiger partial charge in [0.15, 0.2) is 12.3 Å². The number of hydrogen-bond acceptors (Lipinski definition) is 2. The number of nitrogens with two attached hydrogens (primary N) is 1. The molecule has 15 heavy (non-hydrogen) atoms. The fraction of sp³-hybridized carbons (Fsp3) is 0.182. The number of carbonyl (C=O) groups excluding carboxylic acids is 1. The van der Waals surface area contributed by atoms with Crippen LogP contribution in [0.15, 0.2) is 36.5 Å². The molecule has 76 valence electrons. The van der Waals surface area contributed by atoms with Gasteiger partial charge in [0.2, 0.25) is 0 Å². The Kier molecular flexibility index (Phi) is 1.61. The number of hydrogen-bond donors (Lipinski definition) is 1. The molecule has 0 aliphatic carbocycles. The summed E-state index contributed by atoms with van der Waals surface area (Å²) < 4.78 is 7.15. The molecule has 0 bridgehead atoms. The van der Waals surface area contributed by atoms with E-state index in [2.05, 4.69) is 0 Å². The summed E-state index contributed by atoms with van der Waals surface area (Å²) in [5, 5.41) is 1.14. The van der Waals surface area contributed by atoms with Crippen LogP contribution >= 0.6 is 0 Å². The number of benzene rings is 1. The Bertz CT molecular complexity index is 532. The summed E-state index contributed by atoms with van der Waals surface area (Å²) in [7, 11) is 0. The molecule has 3 rings (SSSR count). The quantitative estimate of drug-likeness (QED) is 0.739. The van der Waals surface area contributed by atoms with E-state index in [-0.39, 0.29) is 6.23 Å². The minimum atomic E-state index is -0.471. The SMILES string of the molecule is NC(=O)C1OC1n1ccc2ccccc21. The molecule has 1 aliphatic rings. The molecule has 0 radical (unpaired) electrons. The summed E-state index contributed by atoms with van der Waals surface area (Å²) in [6, 6.07) is 9.95. The van der Waals surface area contributed by atoms with Crippen LogP contribution in [0.5, 0.6) is 0 Å². The first-order chi connectivity index (χ1) is 7.27. The topological polar surface area (TPSA) is 60.6 Å². The van der Waals surface area contributed by atoms with Crippen molar-refractivity contribution in [2.75, 3.05) is 0 Å². The summed E-state index contributed by atoms with van der Waals surface area (Å²) in [5.41, 5.74) is 6.22. The Balaban J connectivity index is 2.03. The predicted octanol–water partition coefficient (Wildman–Crippen LogP) is 1.02. The highest BCUT2D eigenvalue weighted by molar-refractivity contribution is 5.83. The molecule has 2 N–H and O–H groups in total. The lowest BCUT2D eigenvalue weighted by Crippen LogP contribution is -2.19. The molecule has 2 heterocycles. The number of carbonyl (C=O) groups is 1. The average Bonchev–Trinajstić information content (AvgIpc) is 2.92. The zero-order chi connectivity index (χ0) is 10.4. The average molecular weight is 202 g/mol.